The number of hydrogen-bond acceptors (Lipinski definition) is 4. The van der Waals surface area contributed by atoms with E-state index < -0.39 is 0 Å². The molecular weight excluding hydrogens is 342 g/mol. The van der Waals surface area contributed by atoms with Gasteiger partial charge in [-0.25, -0.2) is 4.98 Å². The summed E-state index contributed by atoms with van der Waals surface area (Å²) in [5, 5.41) is 9.35. The summed E-state index contributed by atoms with van der Waals surface area (Å²) in [5.41, 5.74) is 1.89. The van der Waals surface area contributed by atoms with Crippen LogP contribution in [0, 0.1) is 11.8 Å². The SMILES string of the molecule is CC(CC(=O)Nc1cccc(-c2nccs2)c1)C1CCNCC1.Cl. The van der Waals surface area contributed by atoms with Crippen LogP contribution in [0.2, 0.25) is 0 Å². The van der Waals surface area contributed by atoms with Crippen molar-refractivity contribution in [3.8, 4) is 10.6 Å². The first-order valence-electron chi connectivity index (χ1n) is 8.23. The molecule has 1 aliphatic heterocycles. The van der Waals surface area contributed by atoms with Crippen LogP contribution in [0.15, 0.2) is 35.8 Å². The van der Waals surface area contributed by atoms with E-state index in [-0.39, 0.29) is 18.3 Å². The number of benzene rings is 1. The Morgan fingerprint density at radius 1 is 1.42 bits per heavy atom. The zero-order valence-electron chi connectivity index (χ0n) is 13.8. The number of nitrogens with one attached hydrogen (secondary N) is 2. The Morgan fingerprint density at radius 2 is 2.21 bits per heavy atom. The van der Waals surface area contributed by atoms with Crippen LogP contribution in [-0.2, 0) is 4.79 Å². The van der Waals surface area contributed by atoms with E-state index in [2.05, 4.69) is 22.5 Å². The Kier molecular flexibility index (Phi) is 7.21. The molecule has 1 aromatic carbocycles. The van der Waals surface area contributed by atoms with Crippen molar-refractivity contribution in [1.29, 1.82) is 0 Å². The molecule has 130 valence electrons. The topological polar surface area (TPSA) is 54.0 Å². The fraction of sp³-hybridized carbons (Fsp3) is 0.444. The van der Waals surface area contributed by atoms with Gasteiger partial charge in [0.15, 0.2) is 0 Å². The molecule has 1 fully saturated rings. The number of piperidine rings is 1. The molecule has 2 N–H and O–H groups in total. The van der Waals surface area contributed by atoms with Gasteiger partial charge in [-0.05, 0) is 49.9 Å². The van der Waals surface area contributed by atoms with Crippen molar-refractivity contribution in [2.75, 3.05) is 18.4 Å². The van der Waals surface area contributed by atoms with Crippen LogP contribution in [0.25, 0.3) is 10.6 Å². The second-order valence-corrected chi connectivity index (χ2v) is 7.13. The molecule has 1 aliphatic rings. The largest absolute Gasteiger partial charge is 0.326 e. The summed E-state index contributed by atoms with van der Waals surface area (Å²) >= 11 is 1.60. The molecule has 6 heteroatoms. The lowest BCUT2D eigenvalue weighted by molar-refractivity contribution is -0.117. The fourth-order valence-corrected chi connectivity index (χ4v) is 3.82. The smallest absolute Gasteiger partial charge is 0.224 e. The van der Waals surface area contributed by atoms with Gasteiger partial charge in [-0.1, -0.05) is 19.1 Å². The number of rotatable bonds is 5. The molecule has 0 bridgehead atoms. The van der Waals surface area contributed by atoms with E-state index in [1.807, 2.05) is 29.6 Å². The second-order valence-electron chi connectivity index (χ2n) is 6.24. The highest BCUT2D eigenvalue weighted by Gasteiger charge is 2.22. The van der Waals surface area contributed by atoms with Gasteiger partial charge in [0.25, 0.3) is 0 Å². The monoisotopic (exact) mass is 365 g/mol. The highest BCUT2D eigenvalue weighted by atomic mass is 35.5. The number of anilines is 1. The van der Waals surface area contributed by atoms with Crippen molar-refractivity contribution in [1.82, 2.24) is 10.3 Å². The van der Waals surface area contributed by atoms with Gasteiger partial charge in [-0.15, -0.1) is 23.7 Å². The normalized spacial score (nSPS) is 16.2. The Balaban J connectivity index is 0.00000208. The number of amides is 1. The molecule has 1 amide bonds. The third kappa shape index (κ3) is 5.03. The van der Waals surface area contributed by atoms with E-state index in [4.69, 9.17) is 0 Å². The molecule has 1 saturated heterocycles. The average Bonchev–Trinajstić information content (AvgIpc) is 3.10. The average molecular weight is 366 g/mol. The van der Waals surface area contributed by atoms with E-state index in [1.54, 1.807) is 17.5 Å². The van der Waals surface area contributed by atoms with Gasteiger partial charge in [0.05, 0.1) is 0 Å². The minimum Gasteiger partial charge on any atom is -0.326 e. The highest BCUT2D eigenvalue weighted by molar-refractivity contribution is 7.13. The molecule has 3 rings (SSSR count). The van der Waals surface area contributed by atoms with E-state index in [9.17, 15) is 4.79 Å². The van der Waals surface area contributed by atoms with Crippen molar-refractivity contribution in [2.45, 2.75) is 26.2 Å². The molecule has 24 heavy (non-hydrogen) atoms. The number of carbonyl (C=O) groups excluding carboxylic acids is 1. The van der Waals surface area contributed by atoms with Crippen LogP contribution < -0.4 is 10.6 Å². The van der Waals surface area contributed by atoms with Crippen molar-refractivity contribution >= 4 is 35.3 Å². The van der Waals surface area contributed by atoms with Gasteiger partial charge < -0.3 is 10.6 Å². The zero-order valence-corrected chi connectivity index (χ0v) is 15.5. The van der Waals surface area contributed by atoms with Crippen LogP contribution in [0.1, 0.15) is 26.2 Å². The third-order valence-electron chi connectivity index (χ3n) is 4.52. The first-order chi connectivity index (χ1) is 11.2. The quantitative estimate of drug-likeness (QED) is 0.835. The van der Waals surface area contributed by atoms with Crippen molar-refractivity contribution in [3.63, 3.8) is 0 Å². The Morgan fingerprint density at radius 3 is 2.92 bits per heavy atom. The summed E-state index contributed by atoms with van der Waals surface area (Å²) in [6, 6.07) is 7.91. The van der Waals surface area contributed by atoms with Crippen LogP contribution in [0.5, 0.6) is 0 Å². The summed E-state index contributed by atoms with van der Waals surface area (Å²) in [5.74, 6) is 1.19. The summed E-state index contributed by atoms with van der Waals surface area (Å²) in [6.45, 7) is 4.35. The Labute approximate surface area is 153 Å². The van der Waals surface area contributed by atoms with Crippen LogP contribution in [0.3, 0.4) is 0 Å². The van der Waals surface area contributed by atoms with Gasteiger partial charge >= 0.3 is 0 Å². The number of carbonyl (C=O) groups is 1. The van der Waals surface area contributed by atoms with Crippen molar-refractivity contribution in [2.24, 2.45) is 11.8 Å². The molecule has 1 aromatic heterocycles. The van der Waals surface area contributed by atoms with Crippen molar-refractivity contribution < 1.29 is 4.79 Å². The molecule has 0 saturated carbocycles. The molecule has 2 heterocycles. The number of nitrogens with zero attached hydrogens (tertiary/aromatic N) is 1. The molecule has 1 unspecified atom stereocenters. The molecule has 0 radical (unpaired) electrons. The summed E-state index contributed by atoms with van der Waals surface area (Å²) < 4.78 is 0. The highest BCUT2D eigenvalue weighted by Crippen LogP contribution is 2.26. The fourth-order valence-electron chi connectivity index (χ4n) is 3.18. The van der Waals surface area contributed by atoms with Crippen LogP contribution >= 0.6 is 23.7 Å². The van der Waals surface area contributed by atoms with Crippen LogP contribution in [-0.4, -0.2) is 24.0 Å². The molecule has 0 spiro atoms. The van der Waals surface area contributed by atoms with E-state index in [0.717, 1.165) is 29.3 Å². The Hall–Kier alpha value is -1.43. The molecule has 1 atom stereocenters. The molecular formula is C18H24ClN3OS. The molecule has 0 aliphatic carbocycles. The lowest BCUT2D eigenvalue weighted by Gasteiger charge is -2.27. The first kappa shape index (κ1) is 18.9. The van der Waals surface area contributed by atoms with Crippen LogP contribution in [0.4, 0.5) is 5.69 Å². The van der Waals surface area contributed by atoms with Gasteiger partial charge in [0.2, 0.25) is 5.91 Å². The second kappa shape index (κ2) is 9.16. The van der Waals surface area contributed by atoms with E-state index >= 15 is 0 Å². The lowest BCUT2D eigenvalue weighted by atomic mass is 9.84. The van der Waals surface area contributed by atoms with Crippen molar-refractivity contribution in [3.05, 3.63) is 35.8 Å². The summed E-state index contributed by atoms with van der Waals surface area (Å²) in [7, 11) is 0. The third-order valence-corrected chi connectivity index (χ3v) is 5.34. The summed E-state index contributed by atoms with van der Waals surface area (Å²) in [4.78, 5) is 16.6. The maximum Gasteiger partial charge on any atom is 0.224 e. The standard InChI is InChI=1S/C18H23N3OS.ClH/c1-13(14-5-7-19-8-6-14)11-17(22)21-16-4-2-3-15(12-16)18-20-9-10-23-18;/h2-4,9-10,12-14,19H,5-8,11H2,1H3,(H,21,22);1H. The van der Waals surface area contributed by atoms with Gasteiger partial charge in [-0.3, -0.25) is 4.79 Å². The maximum atomic E-state index is 12.3. The van der Waals surface area contributed by atoms with Gasteiger partial charge in [0.1, 0.15) is 5.01 Å². The predicted molar refractivity (Wildman–Crippen MR) is 103 cm³/mol. The minimum atomic E-state index is 0. The van der Waals surface area contributed by atoms with E-state index in [0.29, 0.717) is 18.3 Å². The summed E-state index contributed by atoms with van der Waals surface area (Å²) in [6.07, 6.45) is 4.74. The Bertz CT molecular complexity index is 641. The maximum absolute atomic E-state index is 12.3. The molecule has 4 nitrogen and oxygen atoms in total. The molecule has 2 aromatic rings. The van der Waals surface area contributed by atoms with Gasteiger partial charge in [-0.2, -0.15) is 0 Å². The zero-order chi connectivity index (χ0) is 16.1. The number of thiazole rings is 1. The number of hydrogen-bond donors (Lipinski definition) is 2. The predicted octanol–water partition coefficient (Wildman–Crippen LogP) is 4.20. The number of halogens is 1. The lowest BCUT2D eigenvalue weighted by Crippen LogP contribution is -2.32. The van der Waals surface area contributed by atoms with Gasteiger partial charge in [0, 0.05) is 29.2 Å². The number of aromatic nitrogens is 1. The minimum absolute atomic E-state index is 0. The van der Waals surface area contributed by atoms with E-state index in [1.165, 1.54) is 12.8 Å². The first-order valence-corrected chi connectivity index (χ1v) is 9.11.